The summed E-state index contributed by atoms with van der Waals surface area (Å²) in [6.07, 6.45) is 5.06. The predicted octanol–water partition coefficient (Wildman–Crippen LogP) is 0.277. The van der Waals surface area contributed by atoms with Crippen molar-refractivity contribution in [2.45, 2.75) is 18.9 Å². The minimum absolute atomic E-state index is 0.0504. The first kappa shape index (κ1) is 20.4. The molecule has 1 aliphatic rings. The van der Waals surface area contributed by atoms with Crippen LogP contribution in [0.4, 0.5) is 5.82 Å². The molecule has 1 aromatic heterocycles. The topological polar surface area (TPSA) is 95.9 Å². The number of pyridine rings is 1. The van der Waals surface area contributed by atoms with Gasteiger partial charge >= 0.3 is 0 Å². The van der Waals surface area contributed by atoms with E-state index in [0.29, 0.717) is 19.2 Å². The third-order valence-corrected chi connectivity index (χ3v) is 5.08. The van der Waals surface area contributed by atoms with Crippen molar-refractivity contribution in [3.05, 3.63) is 24.4 Å². The summed E-state index contributed by atoms with van der Waals surface area (Å²) in [5.41, 5.74) is 0. The van der Waals surface area contributed by atoms with Crippen molar-refractivity contribution >= 4 is 21.6 Å². The average molecular weight is 384 g/mol. The molecule has 1 aliphatic heterocycles. The molecule has 26 heavy (non-hydrogen) atoms. The number of nitrogens with one attached hydrogen (secondary N) is 2. The molecule has 146 valence electrons. The van der Waals surface area contributed by atoms with Crippen LogP contribution < -0.4 is 15.5 Å². The van der Waals surface area contributed by atoms with Gasteiger partial charge in [0.2, 0.25) is 0 Å². The highest BCUT2D eigenvalue weighted by molar-refractivity contribution is 7.90. The highest BCUT2D eigenvalue weighted by Crippen LogP contribution is 2.17. The van der Waals surface area contributed by atoms with Gasteiger partial charge in [0, 0.05) is 45.2 Å². The second kappa shape index (κ2) is 10.3. The van der Waals surface area contributed by atoms with Crippen LogP contribution in [0.5, 0.6) is 0 Å². The molecular weight excluding hydrogens is 354 g/mol. The summed E-state index contributed by atoms with van der Waals surface area (Å²) < 4.78 is 27.4. The van der Waals surface area contributed by atoms with Gasteiger partial charge in [0.25, 0.3) is 0 Å². The number of ether oxygens (including phenoxy) is 1. The third-order valence-electron chi connectivity index (χ3n) is 4.17. The van der Waals surface area contributed by atoms with E-state index in [1.54, 1.807) is 7.05 Å². The molecule has 0 aliphatic carbocycles. The van der Waals surface area contributed by atoms with E-state index in [-0.39, 0.29) is 12.4 Å². The minimum Gasteiger partial charge on any atom is -0.379 e. The normalized spacial score (nSPS) is 16.5. The molecule has 1 aromatic rings. The third kappa shape index (κ3) is 7.57. The van der Waals surface area contributed by atoms with Gasteiger partial charge < -0.3 is 20.3 Å². The first-order valence-electron chi connectivity index (χ1n) is 8.86. The van der Waals surface area contributed by atoms with Gasteiger partial charge in [-0.15, -0.1) is 0 Å². The molecule has 0 spiro atoms. The van der Waals surface area contributed by atoms with Crippen LogP contribution in [0.15, 0.2) is 29.4 Å². The van der Waals surface area contributed by atoms with Gasteiger partial charge in [-0.1, -0.05) is 6.07 Å². The average Bonchev–Trinajstić information content (AvgIpc) is 2.64. The van der Waals surface area contributed by atoms with Crippen molar-refractivity contribution in [1.82, 2.24) is 15.6 Å². The Balaban J connectivity index is 1.63. The molecule has 2 heterocycles. The largest absolute Gasteiger partial charge is 0.379 e. The summed E-state index contributed by atoms with van der Waals surface area (Å²) in [5, 5.41) is 6.63. The number of aromatic nitrogens is 1. The number of anilines is 1. The maximum absolute atomic E-state index is 11.0. The number of guanidine groups is 1. The molecule has 8 nitrogen and oxygen atoms in total. The Kier molecular flexibility index (Phi) is 8.11. The van der Waals surface area contributed by atoms with Crippen LogP contribution in [0.2, 0.25) is 0 Å². The van der Waals surface area contributed by atoms with E-state index in [1.807, 2.05) is 24.4 Å². The SMILES string of the molecule is CN=C(NCCOCCS(C)(=O)=O)NC1CCN(c2ccccn2)CC1. The molecule has 0 aromatic carbocycles. The predicted molar refractivity (Wildman–Crippen MR) is 104 cm³/mol. The second-order valence-corrected chi connectivity index (χ2v) is 8.59. The van der Waals surface area contributed by atoms with Gasteiger partial charge in [-0.25, -0.2) is 13.4 Å². The van der Waals surface area contributed by atoms with Crippen molar-refractivity contribution in [2.75, 3.05) is 56.8 Å². The van der Waals surface area contributed by atoms with Crippen LogP contribution in [-0.4, -0.2) is 77.3 Å². The smallest absolute Gasteiger partial charge is 0.191 e. The van der Waals surface area contributed by atoms with Crippen molar-refractivity contribution < 1.29 is 13.2 Å². The van der Waals surface area contributed by atoms with Crippen molar-refractivity contribution in [2.24, 2.45) is 4.99 Å². The Morgan fingerprint density at radius 1 is 1.35 bits per heavy atom. The Hall–Kier alpha value is -1.87. The molecule has 0 unspecified atom stereocenters. The first-order chi connectivity index (χ1) is 12.5. The molecule has 2 N–H and O–H groups in total. The van der Waals surface area contributed by atoms with E-state index < -0.39 is 9.84 Å². The van der Waals surface area contributed by atoms with Crippen molar-refractivity contribution in [3.8, 4) is 0 Å². The summed E-state index contributed by atoms with van der Waals surface area (Å²) in [4.78, 5) is 10.9. The van der Waals surface area contributed by atoms with Gasteiger partial charge in [-0.3, -0.25) is 4.99 Å². The van der Waals surface area contributed by atoms with E-state index in [0.717, 1.165) is 37.7 Å². The van der Waals surface area contributed by atoms with Crippen LogP contribution in [0.25, 0.3) is 0 Å². The van der Waals surface area contributed by atoms with E-state index in [9.17, 15) is 8.42 Å². The molecule has 0 amide bonds. The summed E-state index contributed by atoms with van der Waals surface area (Å²) in [5.74, 6) is 1.82. The lowest BCUT2D eigenvalue weighted by Crippen LogP contribution is -2.49. The fraction of sp³-hybridized carbons (Fsp3) is 0.647. The Bertz CT molecular complexity index is 658. The molecule has 2 rings (SSSR count). The maximum atomic E-state index is 11.0. The number of piperidine rings is 1. The standard InChI is InChI=1S/C17H29N5O3S/c1-18-17(20-9-12-25-13-14-26(2,23)24)21-15-6-10-22(11-7-15)16-5-3-4-8-19-16/h3-5,8,15H,6-7,9-14H2,1-2H3,(H2,18,20,21). The summed E-state index contributed by atoms with van der Waals surface area (Å²) in [7, 11) is -1.23. The zero-order valence-corrected chi connectivity index (χ0v) is 16.3. The van der Waals surface area contributed by atoms with Crippen LogP contribution in [0.1, 0.15) is 12.8 Å². The maximum Gasteiger partial charge on any atom is 0.191 e. The van der Waals surface area contributed by atoms with E-state index >= 15 is 0 Å². The number of rotatable bonds is 8. The number of sulfone groups is 1. The highest BCUT2D eigenvalue weighted by Gasteiger charge is 2.20. The summed E-state index contributed by atoms with van der Waals surface area (Å²) in [6, 6.07) is 6.35. The van der Waals surface area contributed by atoms with Crippen LogP contribution >= 0.6 is 0 Å². The Morgan fingerprint density at radius 2 is 2.12 bits per heavy atom. The molecule has 0 bridgehead atoms. The number of hydrogen-bond donors (Lipinski definition) is 2. The number of aliphatic imine (C=N–C) groups is 1. The van der Waals surface area contributed by atoms with Crippen LogP contribution in [-0.2, 0) is 14.6 Å². The summed E-state index contributed by atoms with van der Waals surface area (Å²) in [6.45, 7) is 3.16. The quantitative estimate of drug-likeness (QED) is 0.378. The molecule has 0 atom stereocenters. The molecule has 1 fully saturated rings. The van der Waals surface area contributed by atoms with Crippen LogP contribution in [0, 0.1) is 0 Å². The van der Waals surface area contributed by atoms with Crippen LogP contribution in [0.3, 0.4) is 0 Å². The van der Waals surface area contributed by atoms with Gasteiger partial charge in [0.15, 0.2) is 5.96 Å². The summed E-state index contributed by atoms with van der Waals surface area (Å²) >= 11 is 0. The Labute approximate surface area is 156 Å². The fourth-order valence-electron chi connectivity index (χ4n) is 2.74. The van der Waals surface area contributed by atoms with Gasteiger partial charge in [0.1, 0.15) is 15.7 Å². The van der Waals surface area contributed by atoms with Gasteiger partial charge in [-0.2, -0.15) is 0 Å². The molecule has 1 saturated heterocycles. The lowest BCUT2D eigenvalue weighted by Gasteiger charge is -2.33. The number of hydrogen-bond acceptors (Lipinski definition) is 6. The zero-order chi connectivity index (χ0) is 18.8. The molecule has 0 saturated carbocycles. The lowest BCUT2D eigenvalue weighted by molar-refractivity contribution is 0.154. The van der Waals surface area contributed by atoms with Crippen molar-refractivity contribution in [1.29, 1.82) is 0 Å². The van der Waals surface area contributed by atoms with Crippen molar-refractivity contribution in [3.63, 3.8) is 0 Å². The molecular formula is C17H29N5O3S. The van der Waals surface area contributed by atoms with E-state index in [4.69, 9.17) is 4.74 Å². The Morgan fingerprint density at radius 3 is 2.73 bits per heavy atom. The van der Waals surface area contributed by atoms with E-state index in [2.05, 4.69) is 25.5 Å². The molecule has 0 radical (unpaired) electrons. The fourth-order valence-corrected chi connectivity index (χ4v) is 3.16. The molecule has 9 heteroatoms. The highest BCUT2D eigenvalue weighted by atomic mass is 32.2. The second-order valence-electron chi connectivity index (χ2n) is 6.33. The lowest BCUT2D eigenvalue weighted by atomic mass is 10.1. The van der Waals surface area contributed by atoms with Gasteiger partial charge in [0.05, 0.1) is 19.0 Å². The number of nitrogens with zero attached hydrogens (tertiary/aromatic N) is 3. The first-order valence-corrected chi connectivity index (χ1v) is 10.9. The van der Waals surface area contributed by atoms with E-state index in [1.165, 1.54) is 6.26 Å². The monoisotopic (exact) mass is 383 g/mol. The minimum atomic E-state index is -2.97. The van der Waals surface area contributed by atoms with Gasteiger partial charge in [-0.05, 0) is 25.0 Å². The zero-order valence-electron chi connectivity index (χ0n) is 15.5.